The van der Waals surface area contributed by atoms with E-state index in [0.29, 0.717) is 5.56 Å². The molecule has 2 radical (unpaired) electrons. The minimum absolute atomic E-state index is 0.0413. The van der Waals surface area contributed by atoms with Crippen molar-refractivity contribution in [3.63, 3.8) is 0 Å². The van der Waals surface area contributed by atoms with E-state index in [1.54, 1.807) is 0 Å². The smallest absolute Gasteiger partial charge is 0.171 e. The van der Waals surface area contributed by atoms with Gasteiger partial charge in [-0.15, -0.1) is 0 Å². The average Bonchev–Trinajstić information content (AvgIpc) is 2.43. The van der Waals surface area contributed by atoms with Crippen LogP contribution in [0, 0.1) is 11.8 Å². The van der Waals surface area contributed by atoms with Crippen LogP contribution >= 0.6 is 0 Å². The van der Waals surface area contributed by atoms with Crippen molar-refractivity contribution in [3.8, 4) is 11.8 Å². The number of rotatable bonds is 1. The zero-order chi connectivity index (χ0) is 15.0. The van der Waals surface area contributed by atoms with Crippen LogP contribution in [0.2, 0.25) is 5.31 Å². The molecule has 100 valence electrons. The lowest BCUT2D eigenvalue weighted by Gasteiger charge is -2.32. The lowest BCUT2D eigenvalue weighted by molar-refractivity contribution is 0.0942. The van der Waals surface area contributed by atoms with Crippen LogP contribution in [-0.4, -0.2) is 13.6 Å². The van der Waals surface area contributed by atoms with Gasteiger partial charge in [0.2, 0.25) is 0 Å². The molecule has 1 atom stereocenters. The van der Waals surface area contributed by atoms with Crippen molar-refractivity contribution in [2.45, 2.75) is 25.1 Å². The maximum absolute atomic E-state index is 13.1. The molecule has 2 aromatic carbocycles. The van der Waals surface area contributed by atoms with E-state index in [9.17, 15) is 4.79 Å². The Morgan fingerprint density at radius 3 is 2.24 bits per heavy atom. The Balaban J connectivity index is 2.33. The van der Waals surface area contributed by atoms with E-state index in [1.807, 2.05) is 62.4 Å². The number of ketones is 1. The predicted molar refractivity (Wildman–Crippen MR) is 85.7 cm³/mol. The van der Waals surface area contributed by atoms with Crippen LogP contribution < -0.4 is 0 Å². The summed E-state index contributed by atoms with van der Waals surface area (Å²) in [5.74, 6) is 5.94. The molecule has 1 aliphatic rings. The summed E-state index contributed by atoms with van der Waals surface area (Å²) in [6.45, 7) is 3.79. The van der Waals surface area contributed by atoms with Crippen LogP contribution in [0.15, 0.2) is 48.5 Å². The van der Waals surface area contributed by atoms with Gasteiger partial charge in [0.05, 0.1) is 7.85 Å². The molecule has 0 N–H and O–H groups in total. The number of fused-ring (bicyclic) bond motifs is 2. The van der Waals surface area contributed by atoms with Gasteiger partial charge in [0, 0.05) is 22.6 Å². The maximum atomic E-state index is 13.1. The van der Waals surface area contributed by atoms with Gasteiger partial charge in [-0.25, -0.2) is 0 Å². The third-order valence-corrected chi connectivity index (χ3v) is 3.80. The summed E-state index contributed by atoms with van der Waals surface area (Å²) in [5, 5.41) is -0.653. The van der Waals surface area contributed by atoms with Crippen molar-refractivity contribution < 1.29 is 4.79 Å². The number of benzene rings is 2. The second-order valence-corrected chi connectivity index (χ2v) is 6.00. The normalized spacial score (nSPS) is 16.9. The molecule has 0 fully saturated rings. The first kappa shape index (κ1) is 13.7. The number of Topliss-reactive ketones (excluding diaryl/α,β-unsaturated/α-hetero) is 1. The van der Waals surface area contributed by atoms with Crippen molar-refractivity contribution >= 4 is 13.6 Å². The van der Waals surface area contributed by atoms with Crippen LogP contribution in [0.3, 0.4) is 0 Å². The molecule has 3 rings (SSSR count). The van der Waals surface area contributed by atoms with Gasteiger partial charge < -0.3 is 0 Å². The average molecular weight is 270 g/mol. The summed E-state index contributed by atoms with van der Waals surface area (Å²) in [6, 6.07) is 15.3. The zero-order valence-electron chi connectivity index (χ0n) is 12.2. The molecule has 0 saturated carbocycles. The Morgan fingerprint density at radius 1 is 0.952 bits per heavy atom. The molecule has 0 aromatic heterocycles. The number of hydrogen-bond donors (Lipinski definition) is 0. The number of hydrogen-bond acceptors (Lipinski definition) is 1. The van der Waals surface area contributed by atoms with Crippen LogP contribution in [-0.2, 0) is 0 Å². The molecule has 0 aliphatic heterocycles. The molecule has 2 heteroatoms. The monoisotopic (exact) mass is 270 g/mol. The molecule has 1 unspecified atom stereocenters. The van der Waals surface area contributed by atoms with Crippen molar-refractivity contribution in [1.82, 2.24) is 0 Å². The predicted octanol–water partition coefficient (Wildman–Crippen LogP) is 3.73. The second kappa shape index (κ2) is 4.93. The Morgan fingerprint density at radius 2 is 1.52 bits per heavy atom. The first-order valence-corrected chi connectivity index (χ1v) is 7.01. The van der Waals surface area contributed by atoms with E-state index in [-0.39, 0.29) is 5.78 Å². The van der Waals surface area contributed by atoms with Gasteiger partial charge in [0.25, 0.3) is 0 Å². The standard InChI is InChI=1S/C19H15BO/c1-19(2,20)17-15-9-5-3-7-13(15)11-12-14-8-4-6-10-16(14)18(17)21/h3-10,17H,1-2H3. The Hall–Kier alpha value is -2.27. The highest BCUT2D eigenvalue weighted by atomic mass is 16.1. The molecule has 0 spiro atoms. The minimum atomic E-state index is -0.653. The fraction of sp³-hybridized carbons (Fsp3) is 0.211. The summed E-state index contributed by atoms with van der Waals surface area (Å²) < 4.78 is 0. The van der Waals surface area contributed by atoms with Crippen molar-refractivity contribution in [2.75, 3.05) is 0 Å². The quantitative estimate of drug-likeness (QED) is 0.570. The van der Waals surface area contributed by atoms with Gasteiger partial charge in [-0.3, -0.25) is 4.79 Å². The summed E-state index contributed by atoms with van der Waals surface area (Å²) in [6.07, 6.45) is 0. The number of carbonyl (C=O) groups excluding carboxylic acids is 1. The molecule has 0 saturated heterocycles. The summed E-state index contributed by atoms with van der Waals surface area (Å²) >= 11 is 0. The summed E-state index contributed by atoms with van der Waals surface area (Å²) in [5.41, 5.74) is 3.22. The molecule has 0 heterocycles. The Bertz CT molecular complexity index is 772. The number of carbonyl (C=O) groups is 1. The largest absolute Gasteiger partial charge is 0.293 e. The highest BCUT2D eigenvalue weighted by Crippen LogP contribution is 2.43. The van der Waals surface area contributed by atoms with E-state index >= 15 is 0 Å². The van der Waals surface area contributed by atoms with Gasteiger partial charge in [0.15, 0.2) is 5.78 Å². The van der Waals surface area contributed by atoms with Gasteiger partial charge in [-0.05, 0) is 17.7 Å². The third kappa shape index (κ3) is 2.40. The second-order valence-electron chi connectivity index (χ2n) is 6.00. The van der Waals surface area contributed by atoms with Crippen molar-refractivity contribution in [1.29, 1.82) is 0 Å². The van der Waals surface area contributed by atoms with Crippen LogP contribution in [0.5, 0.6) is 0 Å². The molecular formula is C19H15BO. The molecular weight excluding hydrogens is 255 g/mol. The fourth-order valence-electron chi connectivity index (χ4n) is 2.84. The van der Waals surface area contributed by atoms with Crippen molar-refractivity contribution in [2.24, 2.45) is 0 Å². The SMILES string of the molecule is [B]C(C)(C)C1C(=O)c2ccccc2C#Cc2ccccc21. The van der Waals surface area contributed by atoms with Gasteiger partial charge >= 0.3 is 0 Å². The highest BCUT2D eigenvalue weighted by molar-refractivity contribution is 6.20. The van der Waals surface area contributed by atoms with Crippen LogP contribution in [0.25, 0.3) is 0 Å². The molecule has 2 aromatic rings. The summed E-state index contributed by atoms with van der Waals surface area (Å²) in [7, 11) is 6.32. The summed E-state index contributed by atoms with van der Waals surface area (Å²) in [4.78, 5) is 13.1. The maximum Gasteiger partial charge on any atom is 0.171 e. The molecule has 0 bridgehead atoms. The lowest BCUT2D eigenvalue weighted by Crippen LogP contribution is -2.26. The van der Waals surface area contributed by atoms with E-state index in [2.05, 4.69) is 11.8 Å². The Labute approximate surface area is 126 Å². The lowest BCUT2D eigenvalue weighted by atomic mass is 9.58. The first-order valence-electron chi connectivity index (χ1n) is 7.01. The van der Waals surface area contributed by atoms with Crippen molar-refractivity contribution in [3.05, 3.63) is 70.8 Å². The molecule has 0 amide bonds. The van der Waals surface area contributed by atoms with E-state index in [1.165, 1.54) is 0 Å². The molecule has 1 aliphatic carbocycles. The van der Waals surface area contributed by atoms with Crippen LogP contribution in [0.1, 0.15) is 46.8 Å². The zero-order valence-corrected chi connectivity index (χ0v) is 12.2. The van der Waals surface area contributed by atoms with E-state index in [0.717, 1.165) is 16.7 Å². The molecule has 1 nitrogen and oxygen atoms in total. The first-order chi connectivity index (χ1) is 9.98. The fourth-order valence-corrected chi connectivity index (χ4v) is 2.84. The topological polar surface area (TPSA) is 17.1 Å². The van der Waals surface area contributed by atoms with Gasteiger partial charge in [-0.2, -0.15) is 0 Å². The Kier molecular flexibility index (Phi) is 3.22. The van der Waals surface area contributed by atoms with Gasteiger partial charge in [-0.1, -0.05) is 67.4 Å². The molecule has 21 heavy (non-hydrogen) atoms. The van der Waals surface area contributed by atoms with Crippen LogP contribution in [0.4, 0.5) is 0 Å². The van der Waals surface area contributed by atoms with E-state index < -0.39 is 11.2 Å². The van der Waals surface area contributed by atoms with Gasteiger partial charge in [0.1, 0.15) is 0 Å². The van der Waals surface area contributed by atoms with E-state index in [4.69, 9.17) is 7.85 Å². The minimum Gasteiger partial charge on any atom is -0.293 e. The highest BCUT2D eigenvalue weighted by Gasteiger charge is 2.35. The third-order valence-electron chi connectivity index (χ3n) is 3.80.